The summed E-state index contributed by atoms with van der Waals surface area (Å²) in [6.45, 7) is 7.88. The molecule has 0 saturated heterocycles. The van der Waals surface area contributed by atoms with Gasteiger partial charge in [-0.2, -0.15) is 0 Å². The van der Waals surface area contributed by atoms with Gasteiger partial charge in [-0.05, 0) is 32.5 Å². The Morgan fingerprint density at radius 3 is 1.22 bits per heavy atom. The van der Waals surface area contributed by atoms with Crippen LogP contribution in [-0.4, -0.2) is 93.9 Å². The zero-order valence-electron chi connectivity index (χ0n) is 26.6. The Hall–Kier alpha value is -4.53. The summed E-state index contributed by atoms with van der Waals surface area (Å²) in [6, 6.07) is 5.92. The second-order valence-electron chi connectivity index (χ2n) is 9.49. The van der Waals surface area contributed by atoms with Crippen molar-refractivity contribution in [2.45, 2.75) is 27.7 Å². The molecule has 2 aromatic rings. The van der Waals surface area contributed by atoms with Crippen LogP contribution >= 0.6 is 23.2 Å². The van der Waals surface area contributed by atoms with Crippen molar-refractivity contribution in [3.8, 4) is 0 Å². The van der Waals surface area contributed by atoms with Gasteiger partial charge >= 0.3 is 28.3 Å². The van der Waals surface area contributed by atoms with E-state index in [1.165, 1.54) is 27.7 Å². The number of aliphatic hydroxyl groups excluding tert-OH is 2. The van der Waals surface area contributed by atoms with E-state index >= 15 is 0 Å². The SMILES string of the molecule is CC(=[OH+])/C(=C(/C)O)c1ccc([N+](=O)[O-])cc1[N+](=O)[O-].CC(=[OH+])/C(=C(/C)O)c1ccc([N+](=O)[O-])cc1[N+](=O)[O-].[Co+3].[NH-]CCN(CCCl)CCCl. The largest absolute Gasteiger partial charge is 3.00 e. The van der Waals surface area contributed by atoms with Crippen molar-refractivity contribution in [2.24, 2.45) is 0 Å². The van der Waals surface area contributed by atoms with Crippen LogP contribution in [0.5, 0.6) is 0 Å². The number of nitro benzene ring substituents is 4. The minimum atomic E-state index is -0.811. The number of non-ortho nitro benzene ring substituents is 2. The summed E-state index contributed by atoms with van der Waals surface area (Å²) in [4.78, 5) is 60.9. The van der Waals surface area contributed by atoms with Gasteiger partial charge in [0.1, 0.15) is 22.7 Å². The monoisotopic (exact) mass is 776 g/mol. The number of hydrogen-bond acceptors (Lipinski definition) is 11. The van der Waals surface area contributed by atoms with Gasteiger partial charge in [-0.1, -0.05) is 0 Å². The van der Waals surface area contributed by atoms with Gasteiger partial charge in [-0.15, -0.1) is 29.7 Å². The van der Waals surface area contributed by atoms with Crippen LogP contribution in [-0.2, 0) is 16.8 Å². The number of hydrogen-bond donors (Lipinski definition) is 2. The van der Waals surface area contributed by atoms with Crippen LogP contribution in [0.4, 0.5) is 22.7 Å². The van der Waals surface area contributed by atoms with Crippen LogP contribution in [0.2, 0.25) is 0 Å². The summed E-state index contributed by atoms with van der Waals surface area (Å²) in [5.74, 6) is -0.0452. The number of allylic oxidation sites excluding steroid dienone is 4. The molecule has 0 amide bonds. The third kappa shape index (κ3) is 15.1. The maximum atomic E-state index is 10.9. The first-order chi connectivity index (χ1) is 22.3. The van der Waals surface area contributed by atoms with Crippen LogP contribution in [0.3, 0.4) is 0 Å². The number of nitrogens with zero attached hydrogens (tertiary/aromatic N) is 5. The molecule has 0 heterocycles. The van der Waals surface area contributed by atoms with E-state index in [0.717, 1.165) is 56.0 Å². The second-order valence-corrected chi connectivity index (χ2v) is 10.2. The summed E-state index contributed by atoms with van der Waals surface area (Å²) < 4.78 is 0. The number of aliphatic hydroxyl groups is 2. The number of nitro groups is 4. The average molecular weight is 777 g/mol. The first kappa shape index (κ1) is 46.6. The van der Waals surface area contributed by atoms with Crippen LogP contribution in [0.15, 0.2) is 47.9 Å². The molecule has 0 aromatic heterocycles. The van der Waals surface area contributed by atoms with E-state index in [1.54, 1.807) is 0 Å². The maximum absolute atomic E-state index is 10.9. The van der Waals surface area contributed by atoms with Gasteiger partial charge in [0.2, 0.25) is 0 Å². The maximum Gasteiger partial charge on any atom is 3.00 e. The molecule has 0 aliphatic carbocycles. The summed E-state index contributed by atoms with van der Waals surface area (Å²) >= 11 is 11.0. The molecule has 2 aromatic carbocycles. The molecule has 0 radical (unpaired) electrons. The van der Waals surface area contributed by atoms with Crippen LogP contribution < -0.4 is 0 Å². The summed E-state index contributed by atoms with van der Waals surface area (Å²) in [7, 11) is 0. The first-order valence-corrected chi connectivity index (χ1v) is 14.6. The average Bonchev–Trinajstić information content (AvgIpc) is 2.97. The molecular formula is C28H35Cl2CoN6O12+4. The minimum Gasteiger partial charge on any atom is -0.676 e. The zero-order valence-corrected chi connectivity index (χ0v) is 29.1. The Morgan fingerprint density at radius 2 is 1.02 bits per heavy atom. The van der Waals surface area contributed by atoms with Gasteiger partial charge in [0.15, 0.2) is 0 Å². The number of nitrogens with one attached hydrogen (secondary N) is 1. The topological polar surface area (TPSA) is 283 Å². The number of alkyl halides is 2. The van der Waals surface area contributed by atoms with Gasteiger partial charge < -0.3 is 20.8 Å². The van der Waals surface area contributed by atoms with Gasteiger partial charge in [0.25, 0.3) is 22.7 Å². The van der Waals surface area contributed by atoms with Crippen molar-refractivity contribution in [2.75, 3.05) is 37.9 Å². The standard InChI is InChI=1S/2C11H10N2O6.C6H13Cl2N2.Co/c2*1-6(14)11(7(2)15)9-4-3-8(12(16)17)5-10(9)13(18)19;7-1-4-10(5-2-8)6-3-9;/h2*3-5,14H,1-2H3;9H,1-6H2;/q;;-1;+3/p+2/b2*11-6+;;. The molecule has 0 bridgehead atoms. The zero-order chi connectivity index (χ0) is 37.3. The predicted molar refractivity (Wildman–Crippen MR) is 182 cm³/mol. The van der Waals surface area contributed by atoms with Crippen molar-refractivity contribution in [3.05, 3.63) is 105 Å². The third-order valence-corrected chi connectivity index (χ3v) is 6.33. The second kappa shape index (κ2) is 22.9. The fourth-order valence-electron chi connectivity index (χ4n) is 4.03. The normalized spacial score (nSPS) is 11.3. The van der Waals surface area contributed by atoms with Gasteiger partial charge in [-0.3, -0.25) is 50.0 Å². The third-order valence-electron chi connectivity index (χ3n) is 5.99. The molecule has 0 aliphatic rings. The molecule has 0 aliphatic heterocycles. The predicted octanol–water partition coefficient (Wildman–Crippen LogP) is 6.53. The Morgan fingerprint density at radius 1 is 0.694 bits per heavy atom. The fraction of sp³-hybridized carbons (Fsp3) is 0.357. The Bertz CT molecular complexity index is 1470. The van der Waals surface area contributed by atoms with E-state index < -0.39 is 42.4 Å². The molecule has 0 atom stereocenters. The van der Waals surface area contributed by atoms with E-state index in [1.807, 2.05) is 0 Å². The summed E-state index contributed by atoms with van der Waals surface area (Å²) in [6.07, 6.45) is 0. The van der Waals surface area contributed by atoms with E-state index in [0.29, 0.717) is 18.3 Å². The van der Waals surface area contributed by atoms with E-state index in [2.05, 4.69) is 4.90 Å². The minimum absolute atomic E-state index is 0. The summed E-state index contributed by atoms with van der Waals surface area (Å²) in [5, 5.41) is 62.0. The molecule has 18 nitrogen and oxygen atoms in total. The number of rotatable bonds is 14. The number of halogens is 2. The van der Waals surface area contributed by atoms with Gasteiger partial charge in [0.05, 0.1) is 56.8 Å². The van der Waals surface area contributed by atoms with Crippen molar-refractivity contribution >= 4 is 68.7 Å². The molecule has 5 N–H and O–H groups in total. The molecule has 0 saturated carbocycles. The Balaban J connectivity index is 0. The fourth-order valence-corrected chi connectivity index (χ4v) is 4.51. The van der Waals surface area contributed by atoms with Crippen LogP contribution in [0, 0.1) is 40.5 Å². The van der Waals surface area contributed by atoms with E-state index in [-0.39, 0.29) is 62.1 Å². The molecule has 0 spiro atoms. The molecular weight excluding hydrogens is 742 g/mol. The van der Waals surface area contributed by atoms with E-state index in [9.17, 15) is 60.3 Å². The number of ketones is 2. The molecule has 21 heteroatoms. The van der Waals surface area contributed by atoms with Gasteiger partial charge in [0, 0.05) is 37.0 Å². The number of carbonyl (C=O) groups excluding carboxylic acids is 2. The first-order valence-electron chi connectivity index (χ1n) is 13.6. The van der Waals surface area contributed by atoms with E-state index in [4.69, 9.17) is 28.9 Å². The molecule has 0 fully saturated rings. The summed E-state index contributed by atoms with van der Waals surface area (Å²) in [5.41, 5.74) is 4.53. The van der Waals surface area contributed by atoms with Gasteiger partial charge in [-0.25, -0.2) is 0 Å². The van der Waals surface area contributed by atoms with Crippen LogP contribution in [0.25, 0.3) is 16.9 Å². The quantitative estimate of drug-likeness (QED) is 0.0519. The van der Waals surface area contributed by atoms with Crippen molar-refractivity contribution in [3.63, 3.8) is 0 Å². The molecule has 49 heavy (non-hydrogen) atoms. The Labute approximate surface area is 300 Å². The van der Waals surface area contributed by atoms with Crippen molar-refractivity contribution in [1.29, 1.82) is 0 Å². The molecule has 0 unspecified atom stereocenters. The smallest absolute Gasteiger partial charge is 0.676 e. The van der Waals surface area contributed by atoms with Crippen molar-refractivity contribution in [1.82, 2.24) is 4.90 Å². The van der Waals surface area contributed by atoms with Crippen molar-refractivity contribution < 1.29 is 56.3 Å². The van der Waals surface area contributed by atoms with Crippen LogP contribution in [0.1, 0.15) is 38.8 Å². The number of benzene rings is 2. The molecule has 2 rings (SSSR count). The molecule has 268 valence electrons. The Kier molecular flexibility index (Phi) is 21.8.